The molecule has 0 aliphatic carbocycles. The maximum Gasteiger partial charge on any atom is 0.263 e. The van der Waals surface area contributed by atoms with Crippen molar-refractivity contribution in [3.05, 3.63) is 138 Å². The second kappa shape index (κ2) is 7.59. The SMILES string of the molecule is O=c1c2ccc3ccccc3c2c2ccc3c4c2n1-c1ccccc1P4(=O)c1ccccc1N3c1ccccc1. The van der Waals surface area contributed by atoms with E-state index in [2.05, 4.69) is 41.3 Å². The number of nitrogens with zero attached hydrogens (tertiary/aromatic N) is 2. The standard InChI is InChI=1S/C35H21N2O2P/c38-35-26-19-18-22-10-4-5-13-24(22)32(26)25-20-21-29-34-33(25)37(35)28-15-7-9-17-31(28)40(34,39)30-16-8-6-14-27(30)36(29)23-11-2-1-3-12-23/h1-21H. The minimum atomic E-state index is -3.35. The number of pyridine rings is 1. The van der Waals surface area contributed by atoms with Crippen LogP contribution in [0.5, 0.6) is 0 Å². The number of fused-ring (bicyclic) bond motifs is 9. The van der Waals surface area contributed by atoms with Gasteiger partial charge in [0.25, 0.3) is 5.56 Å². The van der Waals surface area contributed by atoms with E-state index in [9.17, 15) is 4.79 Å². The molecule has 2 aliphatic rings. The average Bonchev–Trinajstić information content (AvgIpc) is 3.01. The van der Waals surface area contributed by atoms with Crippen molar-refractivity contribution < 1.29 is 4.57 Å². The Morgan fingerprint density at radius 3 is 2.00 bits per heavy atom. The zero-order chi connectivity index (χ0) is 26.6. The Kier molecular flexibility index (Phi) is 4.17. The van der Waals surface area contributed by atoms with E-state index >= 15 is 4.57 Å². The summed E-state index contributed by atoms with van der Waals surface area (Å²) in [6.07, 6.45) is 0. The van der Waals surface area contributed by atoms with Crippen molar-refractivity contribution in [1.29, 1.82) is 0 Å². The molecule has 0 fully saturated rings. The molecule has 5 heteroatoms. The van der Waals surface area contributed by atoms with Crippen LogP contribution < -0.4 is 26.4 Å². The van der Waals surface area contributed by atoms with Crippen molar-refractivity contribution in [1.82, 2.24) is 4.57 Å². The Hall–Kier alpha value is -4.92. The molecule has 7 aromatic rings. The van der Waals surface area contributed by atoms with E-state index in [1.54, 1.807) is 0 Å². The highest BCUT2D eigenvalue weighted by Gasteiger charge is 2.47. The molecule has 0 spiro atoms. The summed E-state index contributed by atoms with van der Waals surface area (Å²) in [7, 11) is -3.35. The zero-order valence-corrected chi connectivity index (χ0v) is 22.2. The van der Waals surface area contributed by atoms with Crippen LogP contribution in [0.3, 0.4) is 0 Å². The van der Waals surface area contributed by atoms with Gasteiger partial charge in [0.05, 0.1) is 27.9 Å². The molecule has 0 saturated carbocycles. The van der Waals surface area contributed by atoms with Gasteiger partial charge in [0.15, 0.2) is 7.14 Å². The normalized spacial score (nSPS) is 16.8. The molecule has 6 aromatic carbocycles. The Morgan fingerprint density at radius 1 is 0.525 bits per heavy atom. The Morgan fingerprint density at radius 2 is 1.18 bits per heavy atom. The van der Waals surface area contributed by atoms with Gasteiger partial charge in [0, 0.05) is 32.5 Å². The van der Waals surface area contributed by atoms with Gasteiger partial charge in [-0.2, -0.15) is 0 Å². The third-order valence-electron chi connectivity index (χ3n) is 8.48. The fourth-order valence-corrected chi connectivity index (χ4v) is 10.2. The van der Waals surface area contributed by atoms with Crippen LogP contribution in [-0.4, -0.2) is 4.57 Å². The molecule has 40 heavy (non-hydrogen) atoms. The number of anilines is 3. The predicted molar refractivity (Wildman–Crippen MR) is 166 cm³/mol. The predicted octanol–water partition coefficient (Wildman–Crippen LogP) is 7.03. The van der Waals surface area contributed by atoms with Gasteiger partial charge in [-0.05, 0) is 59.3 Å². The number of hydrogen-bond acceptors (Lipinski definition) is 3. The lowest BCUT2D eigenvalue weighted by Gasteiger charge is -2.41. The first-order valence-corrected chi connectivity index (χ1v) is 15.1. The lowest BCUT2D eigenvalue weighted by Crippen LogP contribution is -2.43. The number of aromatic nitrogens is 1. The van der Waals surface area contributed by atoms with E-state index in [1.807, 2.05) is 95.6 Å². The molecule has 3 heterocycles. The van der Waals surface area contributed by atoms with E-state index in [-0.39, 0.29) is 5.56 Å². The molecule has 0 N–H and O–H groups in total. The fourth-order valence-electron chi connectivity index (χ4n) is 6.87. The number of benzene rings is 6. The summed E-state index contributed by atoms with van der Waals surface area (Å²) in [5.74, 6) is 0. The lowest BCUT2D eigenvalue weighted by molar-refractivity contribution is 0.592. The molecule has 2 aliphatic heterocycles. The molecule has 0 amide bonds. The van der Waals surface area contributed by atoms with Crippen molar-refractivity contribution in [3.63, 3.8) is 0 Å². The molecule has 0 radical (unpaired) electrons. The van der Waals surface area contributed by atoms with Gasteiger partial charge in [-0.25, -0.2) is 0 Å². The van der Waals surface area contributed by atoms with E-state index < -0.39 is 7.14 Å². The monoisotopic (exact) mass is 532 g/mol. The summed E-state index contributed by atoms with van der Waals surface area (Å²) in [5.41, 5.74) is 4.08. The van der Waals surface area contributed by atoms with Crippen molar-refractivity contribution >= 4 is 72.6 Å². The lowest BCUT2D eigenvalue weighted by atomic mass is 9.98. The summed E-state index contributed by atoms with van der Waals surface area (Å²) in [4.78, 5) is 16.6. The van der Waals surface area contributed by atoms with Crippen molar-refractivity contribution in [2.24, 2.45) is 0 Å². The summed E-state index contributed by atoms with van der Waals surface area (Å²) < 4.78 is 17.7. The van der Waals surface area contributed by atoms with Gasteiger partial charge in [0.2, 0.25) is 0 Å². The number of rotatable bonds is 1. The van der Waals surface area contributed by atoms with Crippen LogP contribution in [0.1, 0.15) is 0 Å². The molecule has 188 valence electrons. The first-order valence-electron chi connectivity index (χ1n) is 13.4. The highest BCUT2D eigenvalue weighted by molar-refractivity contribution is 7.86. The summed E-state index contributed by atoms with van der Waals surface area (Å²) in [5, 5.41) is 6.84. The van der Waals surface area contributed by atoms with Crippen molar-refractivity contribution in [2.45, 2.75) is 0 Å². The van der Waals surface area contributed by atoms with Gasteiger partial charge in [-0.3, -0.25) is 9.36 Å². The first-order chi connectivity index (χ1) is 19.7. The average molecular weight is 533 g/mol. The molecule has 0 saturated heterocycles. The smallest absolute Gasteiger partial charge is 0.263 e. The largest absolute Gasteiger partial charge is 0.309 e. The highest BCUT2D eigenvalue weighted by Crippen LogP contribution is 2.58. The maximum absolute atomic E-state index is 15.9. The second-order valence-electron chi connectivity index (χ2n) is 10.4. The topological polar surface area (TPSA) is 42.3 Å². The van der Waals surface area contributed by atoms with E-state index in [1.165, 1.54) is 0 Å². The van der Waals surface area contributed by atoms with Crippen LogP contribution >= 0.6 is 7.14 Å². The molecule has 9 rings (SSSR count). The maximum atomic E-state index is 15.9. The molecular weight excluding hydrogens is 511 g/mol. The van der Waals surface area contributed by atoms with Crippen LogP contribution in [0, 0.1) is 0 Å². The van der Waals surface area contributed by atoms with Gasteiger partial charge < -0.3 is 9.46 Å². The molecule has 1 atom stereocenters. The van der Waals surface area contributed by atoms with Crippen molar-refractivity contribution in [2.75, 3.05) is 4.90 Å². The van der Waals surface area contributed by atoms with Crippen LogP contribution in [0.15, 0.2) is 132 Å². The summed E-state index contributed by atoms with van der Waals surface area (Å²) in [6.45, 7) is 0. The van der Waals surface area contributed by atoms with Crippen LogP contribution in [-0.2, 0) is 4.57 Å². The van der Waals surface area contributed by atoms with Crippen LogP contribution in [0.25, 0.3) is 38.1 Å². The first kappa shape index (κ1) is 22.0. The number of para-hydroxylation sites is 3. The third-order valence-corrected chi connectivity index (χ3v) is 11.7. The summed E-state index contributed by atoms with van der Waals surface area (Å²) in [6, 6.07) is 42.2. The number of hydrogen-bond donors (Lipinski definition) is 0. The Balaban J connectivity index is 1.59. The quantitative estimate of drug-likeness (QED) is 0.168. The third kappa shape index (κ3) is 2.53. The Labute approximate surface area is 229 Å². The van der Waals surface area contributed by atoms with Crippen LogP contribution in [0.4, 0.5) is 17.1 Å². The molecule has 1 unspecified atom stereocenters. The molecule has 1 aromatic heterocycles. The highest BCUT2D eigenvalue weighted by atomic mass is 31.2. The van der Waals surface area contributed by atoms with E-state index in [4.69, 9.17) is 0 Å². The molecule has 4 nitrogen and oxygen atoms in total. The van der Waals surface area contributed by atoms with Gasteiger partial charge in [-0.1, -0.05) is 78.9 Å². The zero-order valence-electron chi connectivity index (χ0n) is 21.3. The molecule has 0 bridgehead atoms. The van der Waals surface area contributed by atoms with Gasteiger partial charge in [-0.15, -0.1) is 0 Å². The minimum absolute atomic E-state index is 0.0922. The van der Waals surface area contributed by atoms with Crippen molar-refractivity contribution in [3.8, 4) is 5.69 Å². The van der Waals surface area contributed by atoms with Crippen LogP contribution in [0.2, 0.25) is 0 Å². The van der Waals surface area contributed by atoms with E-state index in [0.29, 0.717) is 16.4 Å². The van der Waals surface area contributed by atoms with E-state index in [0.717, 1.165) is 54.7 Å². The minimum Gasteiger partial charge on any atom is -0.309 e. The van der Waals surface area contributed by atoms with Gasteiger partial charge in [0.1, 0.15) is 0 Å². The van der Waals surface area contributed by atoms with Gasteiger partial charge >= 0.3 is 0 Å². The fraction of sp³-hybridized carbons (Fsp3) is 0. The molecular formula is C35H21N2O2P. The Bertz CT molecular complexity index is 2340. The summed E-state index contributed by atoms with van der Waals surface area (Å²) >= 11 is 0. The second-order valence-corrected chi connectivity index (χ2v) is 13.1.